The minimum Gasteiger partial charge on any atom is -0.399 e. The summed E-state index contributed by atoms with van der Waals surface area (Å²) in [5.74, 6) is 0. The maximum absolute atomic E-state index is 8.88. The molecule has 0 atom stereocenters. The van der Waals surface area contributed by atoms with Crippen molar-refractivity contribution >= 4 is 5.69 Å². The number of nitrogens with two attached hydrogens (primary N) is 1. The number of nitrogen functional groups attached to an aromatic ring is 1. The van der Waals surface area contributed by atoms with Crippen molar-refractivity contribution in [2.45, 2.75) is 25.2 Å². The minimum absolute atomic E-state index is 0.0909. The molecule has 2 rings (SSSR count). The quantitative estimate of drug-likeness (QED) is 0.786. The van der Waals surface area contributed by atoms with Gasteiger partial charge in [-0.25, -0.2) is 0 Å². The van der Waals surface area contributed by atoms with Crippen LogP contribution in [0.5, 0.6) is 0 Å². The van der Waals surface area contributed by atoms with Crippen molar-refractivity contribution < 1.29 is 4.74 Å². The number of ether oxygens (including phenoxy) is 1. The Balaban J connectivity index is 2.36. The van der Waals surface area contributed by atoms with Gasteiger partial charge in [0.05, 0.1) is 24.7 Å². The number of hydrogen-bond acceptors (Lipinski definition) is 3. The third-order valence-electron chi connectivity index (χ3n) is 3.31. The van der Waals surface area contributed by atoms with Gasteiger partial charge in [0.2, 0.25) is 0 Å². The van der Waals surface area contributed by atoms with Gasteiger partial charge in [0.25, 0.3) is 0 Å². The maximum atomic E-state index is 8.88. The van der Waals surface area contributed by atoms with Crippen LogP contribution < -0.4 is 5.73 Å². The lowest BCUT2D eigenvalue weighted by Crippen LogP contribution is -2.46. The molecule has 1 aromatic rings. The normalized spacial score (nSPS) is 17.5. The van der Waals surface area contributed by atoms with Crippen molar-refractivity contribution in [3.05, 3.63) is 29.3 Å². The third kappa shape index (κ3) is 1.66. The predicted molar refractivity (Wildman–Crippen MR) is 63.0 cm³/mol. The van der Waals surface area contributed by atoms with Crippen LogP contribution in [0.1, 0.15) is 24.5 Å². The number of rotatable bonds is 3. The van der Waals surface area contributed by atoms with Crippen LogP contribution in [0.2, 0.25) is 0 Å². The summed E-state index contributed by atoms with van der Waals surface area (Å²) in [7, 11) is 0. The monoisotopic (exact) mass is 216 g/mol. The fourth-order valence-corrected chi connectivity index (χ4v) is 2.11. The lowest BCUT2D eigenvalue weighted by molar-refractivity contribution is -0.0577. The molecule has 1 aromatic carbocycles. The molecule has 1 aliphatic heterocycles. The second-order valence-corrected chi connectivity index (χ2v) is 4.38. The molecule has 0 aromatic heterocycles. The zero-order chi connectivity index (χ0) is 11.6. The molecular weight excluding hydrogens is 200 g/mol. The zero-order valence-corrected chi connectivity index (χ0v) is 9.49. The van der Waals surface area contributed by atoms with Crippen LogP contribution in [0.4, 0.5) is 5.69 Å². The average molecular weight is 216 g/mol. The molecule has 3 nitrogen and oxygen atoms in total. The molecule has 1 heterocycles. The number of anilines is 1. The van der Waals surface area contributed by atoms with Crippen LogP contribution in [-0.2, 0) is 16.6 Å². The van der Waals surface area contributed by atoms with Gasteiger partial charge in [0, 0.05) is 12.1 Å². The van der Waals surface area contributed by atoms with E-state index in [1.165, 1.54) is 5.56 Å². The van der Waals surface area contributed by atoms with Gasteiger partial charge in [0.1, 0.15) is 0 Å². The van der Waals surface area contributed by atoms with Gasteiger partial charge in [-0.15, -0.1) is 0 Å². The van der Waals surface area contributed by atoms with Crippen molar-refractivity contribution in [1.29, 1.82) is 5.26 Å². The third-order valence-corrected chi connectivity index (χ3v) is 3.31. The lowest BCUT2D eigenvalue weighted by Gasteiger charge is -2.40. The number of hydrogen-bond donors (Lipinski definition) is 1. The highest BCUT2D eigenvalue weighted by Crippen LogP contribution is 2.36. The minimum atomic E-state index is -0.0909. The van der Waals surface area contributed by atoms with Crippen LogP contribution in [0.25, 0.3) is 0 Å². The summed E-state index contributed by atoms with van der Waals surface area (Å²) in [5.41, 5.74) is 8.96. The van der Waals surface area contributed by atoms with E-state index in [9.17, 15) is 0 Å². The molecule has 0 unspecified atom stereocenters. The number of aryl methyl sites for hydroxylation is 1. The van der Waals surface area contributed by atoms with Gasteiger partial charge in [0.15, 0.2) is 0 Å². The molecule has 0 spiro atoms. The molecule has 84 valence electrons. The van der Waals surface area contributed by atoms with E-state index in [2.05, 4.69) is 19.1 Å². The standard InChI is InChI=1S/C13H16N2O/c1-2-10-7-11(3-4-12(10)15)13(5-6-14)8-16-9-13/h3-4,7H,2,5,8-9,15H2,1H3. The van der Waals surface area contributed by atoms with E-state index >= 15 is 0 Å². The Morgan fingerprint density at radius 3 is 2.75 bits per heavy atom. The summed E-state index contributed by atoms with van der Waals surface area (Å²) in [5, 5.41) is 8.88. The highest BCUT2D eigenvalue weighted by atomic mass is 16.5. The molecule has 1 fully saturated rings. The lowest BCUT2D eigenvalue weighted by atomic mass is 9.75. The van der Waals surface area contributed by atoms with E-state index in [-0.39, 0.29) is 5.41 Å². The summed E-state index contributed by atoms with van der Waals surface area (Å²) >= 11 is 0. The van der Waals surface area contributed by atoms with E-state index in [0.717, 1.165) is 17.7 Å². The van der Waals surface area contributed by atoms with Gasteiger partial charge >= 0.3 is 0 Å². The van der Waals surface area contributed by atoms with Crippen LogP contribution in [0, 0.1) is 11.3 Å². The smallest absolute Gasteiger partial charge is 0.0632 e. The molecule has 0 bridgehead atoms. The molecule has 16 heavy (non-hydrogen) atoms. The molecule has 0 aliphatic carbocycles. The molecule has 3 heteroatoms. The summed E-state index contributed by atoms with van der Waals surface area (Å²) in [6.45, 7) is 3.38. The Morgan fingerprint density at radius 1 is 1.50 bits per heavy atom. The van der Waals surface area contributed by atoms with Crippen molar-refractivity contribution in [2.24, 2.45) is 0 Å². The largest absolute Gasteiger partial charge is 0.399 e. The summed E-state index contributed by atoms with van der Waals surface area (Å²) < 4.78 is 5.27. The van der Waals surface area contributed by atoms with Crippen LogP contribution in [0.3, 0.4) is 0 Å². The Kier molecular flexibility index (Phi) is 2.84. The first-order valence-corrected chi connectivity index (χ1v) is 5.55. The summed E-state index contributed by atoms with van der Waals surface area (Å²) in [6, 6.07) is 8.33. The molecule has 1 saturated heterocycles. The highest BCUT2D eigenvalue weighted by Gasteiger charge is 2.40. The first-order chi connectivity index (χ1) is 7.72. The van der Waals surface area contributed by atoms with E-state index in [1.807, 2.05) is 12.1 Å². The predicted octanol–water partition coefficient (Wildman–Crippen LogP) is 2.01. The van der Waals surface area contributed by atoms with E-state index in [0.29, 0.717) is 19.6 Å². The summed E-state index contributed by atoms with van der Waals surface area (Å²) in [4.78, 5) is 0. The number of nitriles is 1. The van der Waals surface area contributed by atoms with Crippen molar-refractivity contribution in [2.75, 3.05) is 18.9 Å². The van der Waals surface area contributed by atoms with Crippen molar-refractivity contribution in [3.63, 3.8) is 0 Å². The van der Waals surface area contributed by atoms with Gasteiger partial charge in [-0.05, 0) is 23.6 Å². The van der Waals surface area contributed by atoms with Crippen molar-refractivity contribution in [3.8, 4) is 6.07 Å². The molecule has 1 aliphatic rings. The van der Waals surface area contributed by atoms with Gasteiger partial charge in [-0.1, -0.05) is 19.1 Å². The van der Waals surface area contributed by atoms with Crippen molar-refractivity contribution in [1.82, 2.24) is 0 Å². The average Bonchev–Trinajstić information content (AvgIpc) is 2.24. The molecule has 0 amide bonds. The fourth-order valence-electron chi connectivity index (χ4n) is 2.11. The Hall–Kier alpha value is -1.53. The van der Waals surface area contributed by atoms with Crippen LogP contribution in [0.15, 0.2) is 18.2 Å². The number of benzene rings is 1. The van der Waals surface area contributed by atoms with E-state index in [1.54, 1.807) is 0 Å². The second kappa shape index (κ2) is 4.15. The molecule has 0 saturated carbocycles. The van der Waals surface area contributed by atoms with E-state index in [4.69, 9.17) is 15.7 Å². The Bertz CT molecular complexity index is 430. The maximum Gasteiger partial charge on any atom is 0.0632 e. The molecule has 2 N–H and O–H groups in total. The highest BCUT2D eigenvalue weighted by molar-refractivity contribution is 5.50. The van der Waals surface area contributed by atoms with E-state index < -0.39 is 0 Å². The topological polar surface area (TPSA) is 59.0 Å². The van der Waals surface area contributed by atoms with Crippen LogP contribution >= 0.6 is 0 Å². The van der Waals surface area contributed by atoms with Gasteiger partial charge in [-0.2, -0.15) is 5.26 Å². The molecular formula is C13H16N2O. The number of nitrogens with zero attached hydrogens (tertiary/aromatic N) is 1. The first kappa shape index (κ1) is 11.0. The first-order valence-electron chi connectivity index (χ1n) is 5.55. The van der Waals surface area contributed by atoms with Crippen LogP contribution in [-0.4, -0.2) is 13.2 Å². The molecule has 0 radical (unpaired) electrons. The Labute approximate surface area is 95.8 Å². The van der Waals surface area contributed by atoms with Gasteiger partial charge < -0.3 is 10.5 Å². The Morgan fingerprint density at radius 2 is 2.25 bits per heavy atom. The fraction of sp³-hybridized carbons (Fsp3) is 0.462. The second-order valence-electron chi connectivity index (χ2n) is 4.38. The van der Waals surface area contributed by atoms with Gasteiger partial charge in [-0.3, -0.25) is 0 Å². The summed E-state index contributed by atoms with van der Waals surface area (Å²) in [6.07, 6.45) is 1.43. The SMILES string of the molecule is CCc1cc(C2(CC#N)COC2)ccc1N. The zero-order valence-electron chi connectivity index (χ0n) is 9.49.